The number of nitrogens with one attached hydrogen (secondary N) is 1. The summed E-state index contributed by atoms with van der Waals surface area (Å²) in [6.45, 7) is 8.96. The SMILES string of the molecule is Cc1cc(C(=O)CN2CCN(Cc3ccc(Cl)cc3)CC2)c(C)n1-c1ncn[nH]1. The summed E-state index contributed by atoms with van der Waals surface area (Å²) in [5.41, 5.74) is 3.88. The van der Waals surface area contributed by atoms with E-state index < -0.39 is 0 Å². The third-order valence-electron chi connectivity index (χ3n) is 5.50. The molecule has 2 aromatic heterocycles. The molecule has 1 aliphatic rings. The van der Waals surface area contributed by atoms with Gasteiger partial charge in [-0.15, -0.1) is 0 Å². The Morgan fingerprint density at radius 1 is 1.10 bits per heavy atom. The molecule has 1 fully saturated rings. The first-order valence-corrected chi connectivity index (χ1v) is 10.2. The van der Waals surface area contributed by atoms with Gasteiger partial charge in [-0.25, -0.2) is 5.10 Å². The monoisotopic (exact) mass is 412 g/mol. The molecule has 0 amide bonds. The van der Waals surface area contributed by atoms with E-state index in [0.29, 0.717) is 12.5 Å². The van der Waals surface area contributed by atoms with Crippen LogP contribution in [0.15, 0.2) is 36.7 Å². The number of halogens is 1. The maximum Gasteiger partial charge on any atom is 0.229 e. The fourth-order valence-corrected chi connectivity index (χ4v) is 4.05. The van der Waals surface area contributed by atoms with Gasteiger partial charge in [0.2, 0.25) is 5.95 Å². The zero-order valence-electron chi connectivity index (χ0n) is 16.7. The highest BCUT2D eigenvalue weighted by molar-refractivity contribution is 6.30. The van der Waals surface area contributed by atoms with Crippen molar-refractivity contribution in [1.29, 1.82) is 0 Å². The van der Waals surface area contributed by atoms with Crippen molar-refractivity contribution in [3.8, 4) is 5.95 Å². The van der Waals surface area contributed by atoms with Gasteiger partial charge in [0.25, 0.3) is 0 Å². The minimum atomic E-state index is 0.148. The van der Waals surface area contributed by atoms with Crippen molar-refractivity contribution in [1.82, 2.24) is 29.5 Å². The van der Waals surface area contributed by atoms with Gasteiger partial charge >= 0.3 is 0 Å². The van der Waals surface area contributed by atoms with Crippen molar-refractivity contribution in [2.45, 2.75) is 20.4 Å². The van der Waals surface area contributed by atoms with Crippen molar-refractivity contribution in [3.63, 3.8) is 0 Å². The number of carbonyl (C=O) groups excluding carboxylic acids is 1. The molecule has 0 radical (unpaired) electrons. The van der Waals surface area contributed by atoms with Crippen molar-refractivity contribution in [2.24, 2.45) is 0 Å². The summed E-state index contributed by atoms with van der Waals surface area (Å²) in [5, 5.41) is 7.54. The molecule has 0 bridgehead atoms. The van der Waals surface area contributed by atoms with Gasteiger partial charge in [0.05, 0.1) is 6.54 Å². The lowest BCUT2D eigenvalue weighted by atomic mass is 10.1. The number of piperazine rings is 1. The second kappa shape index (κ2) is 8.49. The summed E-state index contributed by atoms with van der Waals surface area (Å²) < 4.78 is 1.93. The summed E-state index contributed by atoms with van der Waals surface area (Å²) in [6.07, 6.45) is 1.47. The van der Waals surface area contributed by atoms with Crippen LogP contribution in [0, 0.1) is 13.8 Å². The summed E-state index contributed by atoms with van der Waals surface area (Å²) >= 11 is 5.96. The van der Waals surface area contributed by atoms with Gasteiger partial charge in [0, 0.05) is 54.7 Å². The molecular weight excluding hydrogens is 388 g/mol. The standard InChI is InChI=1S/C21H25ClN6O/c1-15-11-19(16(2)28(15)21-23-14-24-25-21)20(29)13-27-9-7-26(8-10-27)12-17-3-5-18(22)6-4-17/h3-6,11,14H,7-10,12-13H2,1-2H3,(H,23,24,25). The van der Waals surface area contributed by atoms with Gasteiger partial charge in [-0.05, 0) is 37.6 Å². The second-order valence-corrected chi connectivity index (χ2v) is 7.97. The van der Waals surface area contributed by atoms with Crippen LogP contribution in [0.5, 0.6) is 0 Å². The second-order valence-electron chi connectivity index (χ2n) is 7.53. The highest BCUT2D eigenvalue weighted by Gasteiger charge is 2.23. The number of benzene rings is 1. The van der Waals surface area contributed by atoms with Crippen LogP contribution >= 0.6 is 11.6 Å². The summed E-state index contributed by atoms with van der Waals surface area (Å²) in [7, 11) is 0. The lowest BCUT2D eigenvalue weighted by Crippen LogP contribution is -2.47. The van der Waals surface area contributed by atoms with Crippen LogP contribution in [0.1, 0.15) is 27.3 Å². The molecule has 4 rings (SSSR count). The molecule has 29 heavy (non-hydrogen) atoms. The van der Waals surface area contributed by atoms with Crippen LogP contribution in [0.25, 0.3) is 5.95 Å². The van der Waals surface area contributed by atoms with Crippen LogP contribution in [0.3, 0.4) is 0 Å². The van der Waals surface area contributed by atoms with Crippen LogP contribution in [-0.2, 0) is 6.54 Å². The van der Waals surface area contributed by atoms with Crippen molar-refractivity contribution >= 4 is 17.4 Å². The predicted octanol–water partition coefficient (Wildman–Crippen LogP) is 2.87. The predicted molar refractivity (Wildman–Crippen MR) is 113 cm³/mol. The lowest BCUT2D eigenvalue weighted by Gasteiger charge is -2.34. The molecule has 0 aliphatic carbocycles. The molecule has 0 unspecified atom stereocenters. The Morgan fingerprint density at radius 2 is 1.79 bits per heavy atom. The Morgan fingerprint density at radius 3 is 2.45 bits per heavy atom. The maximum atomic E-state index is 12.9. The van der Waals surface area contributed by atoms with E-state index in [4.69, 9.17) is 11.6 Å². The Balaban J connectivity index is 1.34. The number of hydrogen-bond acceptors (Lipinski definition) is 5. The third-order valence-corrected chi connectivity index (χ3v) is 5.75. The van der Waals surface area contributed by atoms with Crippen molar-refractivity contribution < 1.29 is 4.79 Å². The van der Waals surface area contributed by atoms with E-state index in [1.165, 1.54) is 11.9 Å². The van der Waals surface area contributed by atoms with Gasteiger partial charge in [0.15, 0.2) is 5.78 Å². The molecule has 152 valence electrons. The van der Waals surface area contributed by atoms with Crippen LogP contribution < -0.4 is 0 Å². The fourth-order valence-electron chi connectivity index (χ4n) is 3.92. The molecule has 3 aromatic rings. The van der Waals surface area contributed by atoms with Gasteiger partial charge < -0.3 is 0 Å². The molecule has 0 saturated carbocycles. The van der Waals surface area contributed by atoms with Crippen molar-refractivity contribution in [3.05, 3.63) is 64.2 Å². The zero-order valence-corrected chi connectivity index (χ0v) is 17.5. The Hall–Kier alpha value is -2.48. The first kappa shape index (κ1) is 19.8. The van der Waals surface area contributed by atoms with E-state index in [-0.39, 0.29) is 5.78 Å². The number of hydrogen-bond donors (Lipinski definition) is 1. The molecule has 3 heterocycles. The average Bonchev–Trinajstić information content (AvgIpc) is 3.33. The molecule has 7 nitrogen and oxygen atoms in total. The summed E-state index contributed by atoms with van der Waals surface area (Å²) in [6, 6.07) is 9.95. The van der Waals surface area contributed by atoms with Crippen LogP contribution in [0.4, 0.5) is 0 Å². The molecule has 1 N–H and O–H groups in total. The fraction of sp³-hybridized carbons (Fsp3) is 0.381. The largest absolute Gasteiger partial charge is 0.297 e. The average molecular weight is 413 g/mol. The molecular formula is C21H25ClN6O. The highest BCUT2D eigenvalue weighted by atomic mass is 35.5. The van der Waals surface area contributed by atoms with E-state index >= 15 is 0 Å². The van der Waals surface area contributed by atoms with Gasteiger partial charge in [-0.2, -0.15) is 10.1 Å². The molecule has 8 heteroatoms. The first-order chi connectivity index (χ1) is 14.0. The smallest absolute Gasteiger partial charge is 0.229 e. The number of aromatic amines is 1. The molecule has 0 atom stereocenters. The number of nitrogens with zero attached hydrogens (tertiary/aromatic N) is 5. The minimum Gasteiger partial charge on any atom is -0.297 e. The zero-order chi connectivity index (χ0) is 20.4. The number of rotatable bonds is 6. The number of H-pyrrole nitrogens is 1. The van der Waals surface area contributed by atoms with Gasteiger partial charge in [0.1, 0.15) is 6.33 Å². The van der Waals surface area contributed by atoms with Gasteiger partial charge in [-0.3, -0.25) is 19.2 Å². The minimum absolute atomic E-state index is 0.148. The van der Waals surface area contributed by atoms with E-state index in [1.807, 2.05) is 36.6 Å². The molecule has 1 aliphatic heterocycles. The number of aromatic nitrogens is 4. The highest BCUT2D eigenvalue weighted by Crippen LogP contribution is 2.19. The van der Waals surface area contributed by atoms with Gasteiger partial charge in [-0.1, -0.05) is 23.7 Å². The lowest BCUT2D eigenvalue weighted by molar-refractivity contribution is 0.0843. The molecule has 1 saturated heterocycles. The Labute approximate surface area is 175 Å². The third kappa shape index (κ3) is 4.42. The summed E-state index contributed by atoms with van der Waals surface area (Å²) in [5.74, 6) is 0.782. The number of Topliss-reactive ketones (excluding diaryl/α,β-unsaturated/α-hetero) is 1. The van der Waals surface area contributed by atoms with Crippen molar-refractivity contribution in [2.75, 3.05) is 32.7 Å². The Bertz CT molecular complexity index is 972. The first-order valence-electron chi connectivity index (χ1n) is 9.78. The number of ketones is 1. The van der Waals surface area contributed by atoms with E-state index in [0.717, 1.165) is 54.7 Å². The van der Waals surface area contributed by atoms with Crippen LogP contribution in [0.2, 0.25) is 5.02 Å². The van der Waals surface area contributed by atoms with E-state index in [2.05, 4.69) is 37.1 Å². The van der Waals surface area contributed by atoms with Crippen LogP contribution in [-0.4, -0.2) is 68.1 Å². The normalized spacial score (nSPS) is 15.7. The number of carbonyl (C=O) groups is 1. The van der Waals surface area contributed by atoms with E-state index in [1.54, 1.807) is 0 Å². The topological polar surface area (TPSA) is 70.1 Å². The Kier molecular flexibility index (Phi) is 5.80. The molecule has 0 spiro atoms. The number of aryl methyl sites for hydroxylation is 1. The van der Waals surface area contributed by atoms with E-state index in [9.17, 15) is 4.79 Å². The summed E-state index contributed by atoms with van der Waals surface area (Å²) in [4.78, 5) is 21.8. The quantitative estimate of drug-likeness (QED) is 0.630. The maximum absolute atomic E-state index is 12.9. The molecule has 1 aromatic carbocycles.